The first kappa shape index (κ1) is 13.2. The molecule has 0 amide bonds. The Morgan fingerprint density at radius 1 is 1.38 bits per heavy atom. The third-order valence-electron chi connectivity index (χ3n) is 2.71. The quantitative estimate of drug-likeness (QED) is 0.687. The van der Waals surface area contributed by atoms with Gasteiger partial charge in [-0.1, -0.05) is 27.2 Å². The molecule has 16 heavy (non-hydrogen) atoms. The first-order valence-electron chi connectivity index (χ1n) is 6.49. The number of nitrogens with one attached hydrogen (secondary N) is 1. The first-order valence-corrected chi connectivity index (χ1v) is 6.49. The Morgan fingerprint density at radius 3 is 2.88 bits per heavy atom. The Bertz CT molecular complexity index is 280. The molecule has 1 N–H and O–H groups in total. The van der Waals surface area contributed by atoms with E-state index in [1.807, 2.05) is 0 Å². The molecule has 3 nitrogen and oxygen atoms in total. The Labute approximate surface area is 99.2 Å². The van der Waals surface area contributed by atoms with Crippen molar-refractivity contribution in [2.75, 3.05) is 6.54 Å². The average molecular weight is 223 g/mol. The van der Waals surface area contributed by atoms with Crippen molar-refractivity contribution in [2.45, 2.75) is 53.1 Å². The number of hydrogen-bond acceptors (Lipinski definition) is 2. The van der Waals surface area contributed by atoms with Crippen LogP contribution in [0.5, 0.6) is 0 Å². The molecule has 1 aromatic rings. The minimum absolute atomic E-state index is 0.723. The molecular formula is C13H25N3. The molecule has 0 spiro atoms. The van der Waals surface area contributed by atoms with Gasteiger partial charge in [0.15, 0.2) is 0 Å². The lowest BCUT2D eigenvalue weighted by Crippen LogP contribution is -2.15. The van der Waals surface area contributed by atoms with E-state index in [1.54, 1.807) is 0 Å². The van der Waals surface area contributed by atoms with E-state index in [0.717, 1.165) is 31.2 Å². The zero-order chi connectivity index (χ0) is 11.8. The molecule has 1 aromatic heterocycles. The molecule has 1 atom stereocenters. The van der Waals surface area contributed by atoms with Crippen LogP contribution in [0, 0.1) is 5.92 Å². The van der Waals surface area contributed by atoms with E-state index in [0.29, 0.717) is 0 Å². The summed E-state index contributed by atoms with van der Waals surface area (Å²) in [4.78, 5) is 0. The maximum absolute atomic E-state index is 4.56. The van der Waals surface area contributed by atoms with Crippen molar-refractivity contribution in [3.8, 4) is 0 Å². The van der Waals surface area contributed by atoms with Gasteiger partial charge in [0.2, 0.25) is 0 Å². The highest BCUT2D eigenvalue weighted by atomic mass is 15.3. The maximum Gasteiger partial charge on any atom is 0.0762 e. The molecule has 0 aliphatic carbocycles. The second-order valence-corrected chi connectivity index (χ2v) is 4.60. The molecule has 1 heterocycles. The lowest BCUT2D eigenvalue weighted by Gasteiger charge is -2.09. The molecule has 0 saturated carbocycles. The minimum atomic E-state index is 0.723. The molecule has 0 aromatic carbocycles. The number of aromatic nitrogens is 2. The Kier molecular flexibility index (Phi) is 6.16. The minimum Gasteiger partial charge on any atom is -0.311 e. The number of rotatable bonds is 8. The molecule has 0 bridgehead atoms. The number of hydrogen-bond donors (Lipinski definition) is 1. The van der Waals surface area contributed by atoms with E-state index in [1.165, 1.54) is 19.3 Å². The van der Waals surface area contributed by atoms with Crippen LogP contribution in [-0.4, -0.2) is 16.3 Å². The lowest BCUT2D eigenvalue weighted by molar-refractivity contribution is 0.418. The fourth-order valence-corrected chi connectivity index (χ4v) is 1.90. The van der Waals surface area contributed by atoms with Crippen molar-refractivity contribution < 1.29 is 0 Å². The lowest BCUT2D eigenvalue weighted by atomic mass is 10.1. The maximum atomic E-state index is 4.56. The van der Waals surface area contributed by atoms with Gasteiger partial charge in [-0.05, 0) is 31.4 Å². The zero-order valence-electron chi connectivity index (χ0n) is 10.9. The van der Waals surface area contributed by atoms with Crippen molar-refractivity contribution >= 4 is 0 Å². The monoisotopic (exact) mass is 223 g/mol. The molecule has 1 unspecified atom stereocenters. The smallest absolute Gasteiger partial charge is 0.0762 e. The molecular weight excluding hydrogens is 198 g/mol. The summed E-state index contributed by atoms with van der Waals surface area (Å²) in [7, 11) is 0. The van der Waals surface area contributed by atoms with Gasteiger partial charge in [-0.15, -0.1) is 0 Å². The van der Waals surface area contributed by atoms with E-state index in [-0.39, 0.29) is 0 Å². The van der Waals surface area contributed by atoms with Gasteiger partial charge < -0.3 is 5.32 Å². The number of nitrogens with zero attached hydrogens (tertiary/aromatic N) is 2. The van der Waals surface area contributed by atoms with Gasteiger partial charge in [0.25, 0.3) is 0 Å². The van der Waals surface area contributed by atoms with Crippen molar-refractivity contribution in [1.29, 1.82) is 0 Å². The Morgan fingerprint density at radius 2 is 2.19 bits per heavy atom. The van der Waals surface area contributed by atoms with E-state index in [4.69, 9.17) is 0 Å². The van der Waals surface area contributed by atoms with Crippen LogP contribution >= 0.6 is 0 Å². The molecule has 92 valence electrons. The van der Waals surface area contributed by atoms with Gasteiger partial charge in [-0.2, -0.15) is 5.10 Å². The van der Waals surface area contributed by atoms with Gasteiger partial charge in [-0.3, -0.25) is 4.68 Å². The average Bonchev–Trinajstić information content (AvgIpc) is 2.66. The summed E-state index contributed by atoms with van der Waals surface area (Å²) < 4.78 is 2.07. The van der Waals surface area contributed by atoms with Gasteiger partial charge >= 0.3 is 0 Å². The normalized spacial score (nSPS) is 12.9. The molecule has 0 radical (unpaired) electrons. The van der Waals surface area contributed by atoms with E-state index in [2.05, 4.69) is 48.1 Å². The van der Waals surface area contributed by atoms with E-state index in [9.17, 15) is 0 Å². The van der Waals surface area contributed by atoms with Crippen LogP contribution in [0.1, 0.15) is 45.7 Å². The second-order valence-electron chi connectivity index (χ2n) is 4.60. The van der Waals surface area contributed by atoms with Crippen LogP contribution in [0.25, 0.3) is 0 Å². The van der Waals surface area contributed by atoms with Crippen molar-refractivity contribution in [3.05, 3.63) is 18.0 Å². The fourth-order valence-electron chi connectivity index (χ4n) is 1.90. The molecule has 0 saturated heterocycles. The molecule has 1 rings (SSSR count). The van der Waals surface area contributed by atoms with E-state index < -0.39 is 0 Å². The summed E-state index contributed by atoms with van der Waals surface area (Å²) in [6.07, 6.45) is 5.81. The van der Waals surface area contributed by atoms with Crippen molar-refractivity contribution in [3.63, 3.8) is 0 Å². The topological polar surface area (TPSA) is 29.9 Å². The van der Waals surface area contributed by atoms with Crippen LogP contribution in [0.2, 0.25) is 0 Å². The largest absolute Gasteiger partial charge is 0.311 e. The SMILES string of the molecule is CCCNCc1ccn(CC(C)CCC)n1. The van der Waals surface area contributed by atoms with Crippen LogP contribution in [-0.2, 0) is 13.1 Å². The summed E-state index contributed by atoms with van der Waals surface area (Å²) in [6, 6.07) is 2.11. The van der Waals surface area contributed by atoms with Crippen LogP contribution in [0.15, 0.2) is 12.3 Å². The summed E-state index contributed by atoms with van der Waals surface area (Å²) in [5.74, 6) is 0.723. The van der Waals surface area contributed by atoms with Gasteiger partial charge in [0.05, 0.1) is 5.69 Å². The first-order chi connectivity index (χ1) is 7.76. The van der Waals surface area contributed by atoms with Gasteiger partial charge in [0.1, 0.15) is 0 Å². The van der Waals surface area contributed by atoms with Crippen LogP contribution in [0.3, 0.4) is 0 Å². The van der Waals surface area contributed by atoms with Crippen LogP contribution < -0.4 is 5.32 Å². The summed E-state index contributed by atoms with van der Waals surface area (Å²) >= 11 is 0. The summed E-state index contributed by atoms with van der Waals surface area (Å²) in [5, 5.41) is 7.93. The predicted molar refractivity (Wildman–Crippen MR) is 68.3 cm³/mol. The van der Waals surface area contributed by atoms with Gasteiger partial charge in [0, 0.05) is 19.3 Å². The Hall–Kier alpha value is -0.830. The van der Waals surface area contributed by atoms with Crippen molar-refractivity contribution in [2.24, 2.45) is 5.92 Å². The molecule has 3 heteroatoms. The highest BCUT2D eigenvalue weighted by Crippen LogP contribution is 2.08. The standard InChI is InChI=1S/C13H25N3/c1-4-6-12(3)11-16-9-7-13(15-16)10-14-8-5-2/h7,9,12,14H,4-6,8,10-11H2,1-3H3. The molecule has 0 fully saturated rings. The van der Waals surface area contributed by atoms with Crippen molar-refractivity contribution in [1.82, 2.24) is 15.1 Å². The van der Waals surface area contributed by atoms with Crippen LogP contribution in [0.4, 0.5) is 0 Å². The molecule has 0 aliphatic rings. The highest BCUT2D eigenvalue weighted by molar-refractivity contribution is 4.98. The highest BCUT2D eigenvalue weighted by Gasteiger charge is 2.03. The summed E-state index contributed by atoms with van der Waals surface area (Å²) in [5.41, 5.74) is 1.15. The predicted octanol–water partition coefficient (Wildman–Crippen LogP) is 2.82. The third kappa shape index (κ3) is 4.79. The fraction of sp³-hybridized carbons (Fsp3) is 0.769. The van der Waals surface area contributed by atoms with E-state index >= 15 is 0 Å². The second kappa shape index (κ2) is 7.44. The zero-order valence-corrected chi connectivity index (χ0v) is 10.9. The van der Waals surface area contributed by atoms with Gasteiger partial charge in [-0.25, -0.2) is 0 Å². The molecule has 0 aliphatic heterocycles. The summed E-state index contributed by atoms with van der Waals surface area (Å²) in [6.45, 7) is 9.71. The Balaban J connectivity index is 2.33. The third-order valence-corrected chi connectivity index (χ3v) is 2.71.